The van der Waals surface area contributed by atoms with Crippen molar-refractivity contribution in [3.8, 4) is 0 Å². The van der Waals surface area contributed by atoms with Gasteiger partial charge in [-0.25, -0.2) is 13.1 Å². The van der Waals surface area contributed by atoms with Gasteiger partial charge < -0.3 is 5.73 Å². The van der Waals surface area contributed by atoms with Gasteiger partial charge in [-0.3, -0.25) is 10.1 Å². The molecule has 21 heavy (non-hydrogen) atoms. The van der Waals surface area contributed by atoms with E-state index in [1.807, 2.05) is 6.92 Å². The number of nitrogens with zero attached hydrogens (tertiary/aromatic N) is 1. The van der Waals surface area contributed by atoms with E-state index < -0.39 is 32.5 Å². The Labute approximate surface area is 122 Å². The average Bonchev–Trinajstić information content (AvgIpc) is 2.42. The summed E-state index contributed by atoms with van der Waals surface area (Å²) in [5.74, 6) is -1.19. The lowest BCUT2D eigenvalue weighted by Gasteiger charge is -2.16. The molecule has 0 saturated carbocycles. The zero-order valence-corrected chi connectivity index (χ0v) is 12.4. The van der Waals surface area contributed by atoms with E-state index in [9.17, 15) is 22.9 Å². The maximum atomic E-state index is 13.5. The molecular formula is C12H18FN3O4S. The number of halogens is 1. The van der Waals surface area contributed by atoms with Crippen molar-refractivity contribution in [1.29, 1.82) is 0 Å². The smallest absolute Gasteiger partial charge is 0.304 e. The Morgan fingerprint density at radius 2 is 2.14 bits per heavy atom. The van der Waals surface area contributed by atoms with E-state index in [1.165, 1.54) is 0 Å². The zero-order chi connectivity index (χ0) is 16.0. The van der Waals surface area contributed by atoms with E-state index in [-0.39, 0.29) is 11.4 Å². The van der Waals surface area contributed by atoms with E-state index in [0.29, 0.717) is 12.5 Å². The molecule has 3 N–H and O–H groups in total. The Kier molecular flexibility index (Phi) is 6.19. The van der Waals surface area contributed by atoms with E-state index in [4.69, 9.17) is 5.73 Å². The molecule has 7 nitrogen and oxygen atoms in total. The summed E-state index contributed by atoms with van der Waals surface area (Å²) in [6, 6.07) is 2.01. The number of nitrogens with two attached hydrogens (primary N) is 1. The number of hydrogen-bond donors (Lipinski definition) is 2. The first-order valence-corrected chi connectivity index (χ1v) is 7.96. The molecule has 1 unspecified atom stereocenters. The van der Waals surface area contributed by atoms with Crippen LogP contribution in [0.5, 0.6) is 0 Å². The first-order valence-electron chi connectivity index (χ1n) is 6.48. The molecule has 0 bridgehead atoms. The number of benzene rings is 1. The molecule has 1 aromatic rings. The summed E-state index contributed by atoms with van der Waals surface area (Å²) in [7, 11) is -3.96. The minimum Gasteiger partial charge on any atom is -0.329 e. The molecule has 0 aliphatic carbocycles. The highest BCUT2D eigenvalue weighted by molar-refractivity contribution is 7.89. The van der Waals surface area contributed by atoms with Gasteiger partial charge in [-0.2, -0.15) is 4.39 Å². The van der Waals surface area contributed by atoms with Crippen molar-refractivity contribution >= 4 is 15.7 Å². The third-order valence-corrected chi connectivity index (χ3v) is 4.46. The van der Waals surface area contributed by atoms with Gasteiger partial charge in [0, 0.05) is 24.7 Å². The van der Waals surface area contributed by atoms with Crippen molar-refractivity contribution in [3.05, 3.63) is 34.1 Å². The molecule has 0 amide bonds. The molecule has 9 heteroatoms. The maximum absolute atomic E-state index is 13.5. The van der Waals surface area contributed by atoms with Crippen molar-refractivity contribution in [2.45, 2.75) is 37.1 Å². The highest BCUT2D eigenvalue weighted by Gasteiger charge is 2.22. The minimum atomic E-state index is -3.96. The monoisotopic (exact) mass is 319 g/mol. The van der Waals surface area contributed by atoms with Crippen LogP contribution in [-0.4, -0.2) is 25.9 Å². The molecule has 1 atom stereocenters. The van der Waals surface area contributed by atoms with Crippen molar-refractivity contribution < 1.29 is 17.7 Å². The average molecular weight is 319 g/mol. The van der Waals surface area contributed by atoms with Gasteiger partial charge in [-0.15, -0.1) is 0 Å². The standard InChI is InChI=1S/C12H18FN3O4S/c1-2-3-4-9(8-14)15-21(19,20)10-5-6-12(16(17)18)11(13)7-10/h5-7,9,15H,2-4,8,14H2,1H3. The van der Waals surface area contributed by atoms with Gasteiger partial charge >= 0.3 is 5.69 Å². The predicted octanol–water partition coefficient (Wildman–Crippen LogP) is 1.53. The summed E-state index contributed by atoms with van der Waals surface area (Å²) < 4.78 is 40.1. The lowest BCUT2D eigenvalue weighted by molar-refractivity contribution is -0.387. The van der Waals surface area contributed by atoms with Crippen LogP contribution in [0.1, 0.15) is 26.2 Å². The Hall–Kier alpha value is -1.58. The molecule has 0 spiro atoms. The van der Waals surface area contributed by atoms with Crippen LogP contribution < -0.4 is 10.5 Å². The number of rotatable bonds is 8. The van der Waals surface area contributed by atoms with Gasteiger partial charge in [0.15, 0.2) is 0 Å². The molecule has 0 aliphatic rings. The van der Waals surface area contributed by atoms with Crippen LogP contribution in [0.3, 0.4) is 0 Å². The first-order chi connectivity index (χ1) is 9.81. The van der Waals surface area contributed by atoms with Crippen LogP contribution >= 0.6 is 0 Å². The fraction of sp³-hybridized carbons (Fsp3) is 0.500. The highest BCUT2D eigenvalue weighted by Crippen LogP contribution is 2.21. The summed E-state index contributed by atoms with van der Waals surface area (Å²) in [6.45, 7) is 2.09. The van der Waals surface area contributed by atoms with E-state index >= 15 is 0 Å². The predicted molar refractivity (Wildman–Crippen MR) is 75.7 cm³/mol. The molecule has 0 fully saturated rings. The lowest BCUT2D eigenvalue weighted by atomic mass is 10.1. The van der Waals surface area contributed by atoms with Crippen LogP contribution in [-0.2, 0) is 10.0 Å². The van der Waals surface area contributed by atoms with E-state index in [0.717, 1.165) is 25.0 Å². The van der Waals surface area contributed by atoms with Gasteiger partial charge in [0.2, 0.25) is 15.8 Å². The number of sulfonamides is 1. The topological polar surface area (TPSA) is 115 Å². The van der Waals surface area contributed by atoms with Gasteiger partial charge in [0.25, 0.3) is 0 Å². The quantitative estimate of drug-likeness (QED) is 0.557. The normalized spacial score (nSPS) is 13.1. The Bertz CT molecular complexity index is 607. The highest BCUT2D eigenvalue weighted by atomic mass is 32.2. The lowest BCUT2D eigenvalue weighted by Crippen LogP contribution is -2.40. The fourth-order valence-corrected chi connectivity index (χ4v) is 3.06. The van der Waals surface area contributed by atoms with Gasteiger partial charge in [-0.05, 0) is 12.5 Å². The Balaban J connectivity index is 2.97. The largest absolute Gasteiger partial charge is 0.329 e. The molecule has 1 aromatic carbocycles. The summed E-state index contributed by atoms with van der Waals surface area (Å²) in [5.41, 5.74) is 4.73. The van der Waals surface area contributed by atoms with Gasteiger partial charge in [-0.1, -0.05) is 19.8 Å². The Morgan fingerprint density at radius 3 is 2.62 bits per heavy atom. The molecule has 0 saturated heterocycles. The molecule has 0 aromatic heterocycles. The zero-order valence-electron chi connectivity index (χ0n) is 11.6. The van der Waals surface area contributed by atoms with Crippen LogP contribution in [0.15, 0.2) is 23.1 Å². The van der Waals surface area contributed by atoms with Crippen molar-refractivity contribution in [2.24, 2.45) is 5.73 Å². The SMILES string of the molecule is CCCCC(CN)NS(=O)(=O)c1ccc([N+](=O)[O-])c(F)c1. The van der Waals surface area contributed by atoms with Crippen molar-refractivity contribution in [2.75, 3.05) is 6.54 Å². The molecule has 118 valence electrons. The fourth-order valence-electron chi connectivity index (χ4n) is 1.77. The van der Waals surface area contributed by atoms with Crippen LogP contribution in [0, 0.1) is 15.9 Å². The van der Waals surface area contributed by atoms with Crippen molar-refractivity contribution in [3.63, 3.8) is 0 Å². The Morgan fingerprint density at radius 1 is 1.48 bits per heavy atom. The first kappa shape index (κ1) is 17.5. The van der Waals surface area contributed by atoms with E-state index in [2.05, 4.69) is 4.72 Å². The molecule has 1 rings (SSSR count). The number of hydrogen-bond acceptors (Lipinski definition) is 5. The third-order valence-electron chi connectivity index (χ3n) is 2.94. The third kappa shape index (κ3) is 4.73. The summed E-state index contributed by atoms with van der Waals surface area (Å²) in [6.07, 6.45) is 2.27. The summed E-state index contributed by atoms with van der Waals surface area (Å²) >= 11 is 0. The molecule has 0 radical (unpaired) electrons. The molecule has 0 heterocycles. The second-order valence-corrected chi connectivity index (χ2v) is 6.28. The number of unbranched alkanes of at least 4 members (excludes halogenated alkanes) is 1. The number of nitro benzene ring substituents is 1. The van der Waals surface area contributed by atoms with Gasteiger partial charge in [0.05, 0.1) is 9.82 Å². The van der Waals surface area contributed by atoms with Crippen LogP contribution in [0.4, 0.5) is 10.1 Å². The minimum absolute atomic E-state index is 0.120. The van der Waals surface area contributed by atoms with Crippen LogP contribution in [0.25, 0.3) is 0 Å². The van der Waals surface area contributed by atoms with Crippen molar-refractivity contribution in [1.82, 2.24) is 4.72 Å². The van der Waals surface area contributed by atoms with Gasteiger partial charge in [0.1, 0.15) is 0 Å². The second-order valence-electron chi connectivity index (χ2n) is 4.57. The summed E-state index contributed by atoms with van der Waals surface area (Å²) in [4.78, 5) is 9.23. The maximum Gasteiger partial charge on any atom is 0.304 e. The summed E-state index contributed by atoms with van der Waals surface area (Å²) in [5, 5.41) is 10.5. The van der Waals surface area contributed by atoms with Crippen LogP contribution in [0.2, 0.25) is 0 Å². The second kappa shape index (κ2) is 7.43. The molecular weight excluding hydrogens is 301 g/mol. The number of nitrogens with one attached hydrogen (secondary N) is 1. The van der Waals surface area contributed by atoms with E-state index in [1.54, 1.807) is 0 Å². The number of nitro groups is 1. The molecule has 0 aliphatic heterocycles.